The number of methoxy groups -OCH3 is 1. The highest BCUT2D eigenvalue weighted by Crippen LogP contribution is 2.68. The van der Waals surface area contributed by atoms with E-state index in [1.54, 1.807) is 7.11 Å². The quantitative estimate of drug-likeness (QED) is 0.113. The zero-order valence-electron chi connectivity index (χ0n) is 25.2. The molecular weight excluding hydrogens is 516 g/mol. The van der Waals surface area contributed by atoms with E-state index in [-0.39, 0.29) is 17.9 Å². The van der Waals surface area contributed by atoms with Gasteiger partial charge in [0.25, 0.3) is 0 Å². The molecule has 0 bridgehead atoms. The SMILES string of the molecule is C=C/C(C)=C/C[C@]1(C)[C@H](C)[C@@H](OCCCC)[C@@H](OC(C)=O)[C@@]23C(=C[C@H](OC)C[C@@H]12)[C@@H](OC(C)=O)O[C@H]3OC(C)=O. The van der Waals surface area contributed by atoms with Gasteiger partial charge >= 0.3 is 17.9 Å². The smallest absolute Gasteiger partial charge is 0.305 e. The lowest BCUT2D eigenvalue weighted by atomic mass is 9.44. The van der Waals surface area contributed by atoms with Crippen LogP contribution >= 0.6 is 0 Å². The molecule has 1 saturated carbocycles. The van der Waals surface area contributed by atoms with Crippen molar-refractivity contribution in [3.8, 4) is 0 Å². The molecule has 0 aromatic heterocycles. The number of carbonyl (C=O) groups is 3. The Morgan fingerprint density at radius 1 is 1.10 bits per heavy atom. The highest BCUT2D eigenvalue weighted by molar-refractivity contribution is 5.68. The van der Waals surface area contributed by atoms with Crippen LogP contribution in [0.3, 0.4) is 0 Å². The molecular formula is C31H46O9. The fourth-order valence-corrected chi connectivity index (χ4v) is 6.87. The summed E-state index contributed by atoms with van der Waals surface area (Å²) >= 11 is 0. The molecule has 0 N–H and O–H groups in total. The second kappa shape index (κ2) is 13.0. The van der Waals surface area contributed by atoms with Gasteiger partial charge in [0.05, 0.1) is 12.2 Å². The van der Waals surface area contributed by atoms with Crippen molar-refractivity contribution >= 4 is 17.9 Å². The Labute approximate surface area is 238 Å². The minimum absolute atomic E-state index is 0.0965. The third-order valence-corrected chi connectivity index (χ3v) is 9.04. The van der Waals surface area contributed by atoms with Gasteiger partial charge in [-0.3, -0.25) is 19.1 Å². The summed E-state index contributed by atoms with van der Waals surface area (Å²) in [7, 11) is 1.63. The van der Waals surface area contributed by atoms with Crippen LogP contribution < -0.4 is 0 Å². The van der Waals surface area contributed by atoms with Crippen LogP contribution in [0.15, 0.2) is 36.0 Å². The topological polar surface area (TPSA) is 107 Å². The largest absolute Gasteiger partial charge is 0.459 e. The van der Waals surface area contributed by atoms with E-state index in [0.29, 0.717) is 25.0 Å². The molecule has 40 heavy (non-hydrogen) atoms. The van der Waals surface area contributed by atoms with E-state index < -0.39 is 53.5 Å². The van der Waals surface area contributed by atoms with Gasteiger partial charge in [-0.1, -0.05) is 51.5 Å². The third kappa shape index (κ3) is 5.92. The second-order valence-corrected chi connectivity index (χ2v) is 11.5. The van der Waals surface area contributed by atoms with Crippen LogP contribution in [0.4, 0.5) is 0 Å². The van der Waals surface area contributed by atoms with Crippen molar-refractivity contribution in [3.05, 3.63) is 36.0 Å². The van der Waals surface area contributed by atoms with Crippen molar-refractivity contribution in [3.63, 3.8) is 0 Å². The first-order valence-corrected chi connectivity index (χ1v) is 14.2. The number of rotatable bonds is 11. The van der Waals surface area contributed by atoms with Crippen molar-refractivity contribution in [1.82, 2.24) is 0 Å². The Morgan fingerprint density at radius 2 is 1.75 bits per heavy atom. The lowest BCUT2D eigenvalue weighted by Crippen LogP contribution is -2.69. The summed E-state index contributed by atoms with van der Waals surface area (Å²) in [4.78, 5) is 37.4. The predicted molar refractivity (Wildman–Crippen MR) is 148 cm³/mol. The maximum absolute atomic E-state index is 12.7. The van der Waals surface area contributed by atoms with Gasteiger partial charge in [-0.15, -0.1) is 0 Å². The Kier molecular flexibility index (Phi) is 10.4. The fraction of sp³-hybridized carbons (Fsp3) is 0.710. The van der Waals surface area contributed by atoms with Gasteiger partial charge in [0.2, 0.25) is 12.6 Å². The molecule has 0 radical (unpaired) electrons. The van der Waals surface area contributed by atoms with Gasteiger partial charge in [-0.05, 0) is 49.5 Å². The maximum atomic E-state index is 12.7. The fourth-order valence-electron chi connectivity index (χ4n) is 6.87. The third-order valence-electron chi connectivity index (χ3n) is 9.04. The molecule has 0 aromatic carbocycles. The summed E-state index contributed by atoms with van der Waals surface area (Å²) in [6.45, 7) is 16.7. The van der Waals surface area contributed by atoms with Crippen LogP contribution in [0.2, 0.25) is 0 Å². The Bertz CT molecular complexity index is 1030. The lowest BCUT2D eigenvalue weighted by Gasteiger charge is -2.63. The van der Waals surface area contributed by atoms with E-state index in [0.717, 1.165) is 18.4 Å². The number of esters is 3. The number of ether oxygens (including phenoxy) is 6. The van der Waals surface area contributed by atoms with E-state index in [4.69, 9.17) is 28.4 Å². The molecule has 0 amide bonds. The monoisotopic (exact) mass is 562 g/mol. The second-order valence-electron chi connectivity index (χ2n) is 11.5. The Morgan fingerprint density at radius 3 is 2.30 bits per heavy atom. The van der Waals surface area contributed by atoms with E-state index in [1.807, 2.05) is 19.1 Å². The molecule has 2 fully saturated rings. The van der Waals surface area contributed by atoms with Crippen LogP contribution in [-0.2, 0) is 42.8 Å². The molecule has 1 spiro atoms. The minimum atomic E-state index is -1.19. The molecule has 3 aliphatic rings. The van der Waals surface area contributed by atoms with Crippen molar-refractivity contribution in [2.75, 3.05) is 13.7 Å². The van der Waals surface area contributed by atoms with E-state index in [9.17, 15) is 14.4 Å². The normalized spacial score (nSPS) is 37.0. The van der Waals surface area contributed by atoms with Crippen LogP contribution in [-0.4, -0.2) is 62.5 Å². The van der Waals surface area contributed by atoms with Gasteiger partial charge in [0.15, 0.2) is 0 Å². The molecule has 1 saturated heterocycles. The van der Waals surface area contributed by atoms with Crippen molar-refractivity contribution < 1.29 is 42.8 Å². The number of carbonyl (C=O) groups excluding carboxylic acids is 3. The maximum Gasteiger partial charge on any atom is 0.305 e. The van der Waals surface area contributed by atoms with Gasteiger partial charge in [0.1, 0.15) is 11.5 Å². The van der Waals surface area contributed by atoms with Crippen LogP contribution in [0.25, 0.3) is 0 Å². The zero-order valence-corrected chi connectivity index (χ0v) is 25.2. The van der Waals surface area contributed by atoms with Crippen molar-refractivity contribution in [2.24, 2.45) is 22.7 Å². The Balaban J connectivity index is 2.37. The van der Waals surface area contributed by atoms with Crippen LogP contribution in [0.5, 0.6) is 0 Å². The molecule has 9 atom stereocenters. The molecule has 2 aliphatic carbocycles. The van der Waals surface area contributed by atoms with Gasteiger partial charge in [-0.25, -0.2) is 0 Å². The van der Waals surface area contributed by atoms with Crippen molar-refractivity contribution in [1.29, 1.82) is 0 Å². The lowest BCUT2D eigenvalue weighted by molar-refractivity contribution is -0.281. The molecule has 0 aromatic rings. The predicted octanol–water partition coefficient (Wildman–Crippen LogP) is 5.04. The molecule has 224 valence electrons. The van der Waals surface area contributed by atoms with Gasteiger partial charge < -0.3 is 23.7 Å². The highest BCUT2D eigenvalue weighted by atomic mass is 16.8. The highest BCUT2D eigenvalue weighted by Gasteiger charge is 2.75. The summed E-state index contributed by atoms with van der Waals surface area (Å²) in [5.41, 5.74) is -0.0727. The van der Waals surface area contributed by atoms with Gasteiger partial charge in [0, 0.05) is 40.1 Å². The molecule has 9 heteroatoms. The zero-order chi connectivity index (χ0) is 29.8. The number of hydrogen-bond donors (Lipinski definition) is 0. The number of unbranched alkanes of at least 4 members (excludes halogenated alkanes) is 1. The Hall–Kier alpha value is -2.49. The van der Waals surface area contributed by atoms with E-state index in [1.165, 1.54) is 20.8 Å². The average molecular weight is 563 g/mol. The first-order chi connectivity index (χ1) is 18.9. The molecule has 1 aliphatic heterocycles. The minimum Gasteiger partial charge on any atom is -0.459 e. The van der Waals surface area contributed by atoms with Crippen LogP contribution in [0, 0.1) is 22.7 Å². The summed E-state index contributed by atoms with van der Waals surface area (Å²) in [5, 5.41) is 0. The number of allylic oxidation sites excluding steroid dienone is 3. The van der Waals surface area contributed by atoms with E-state index in [2.05, 4.69) is 33.4 Å². The molecule has 3 rings (SSSR count). The standard InChI is InChI=1S/C31H46O9/c1-10-12-15-36-26-19(4)30(8,14-13-18(3)11-2)25-17-23(35-9)16-24-28(38-21(6)33)40-29(39-22(7)34)31(24,25)27(26)37-20(5)32/h11,13,16,19,23,25-29H,2,10,12,14-15,17H2,1,3-9H3/b18-13+/t19-,23+,25+,26-,27-,28+,29-,30-,31-/m1/s1. The van der Waals surface area contributed by atoms with Crippen LogP contribution in [0.1, 0.15) is 74.1 Å². The summed E-state index contributed by atoms with van der Waals surface area (Å²) in [6, 6.07) is 0. The van der Waals surface area contributed by atoms with E-state index >= 15 is 0 Å². The van der Waals surface area contributed by atoms with Gasteiger partial charge in [-0.2, -0.15) is 0 Å². The first-order valence-electron chi connectivity index (χ1n) is 14.2. The van der Waals surface area contributed by atoms with Crippen molar-refractivity contribution in [2.45, 2.75) is 105 Å². The summed E-state index contributed by atoms with van der Waals surface area (Å²) in [5.74, 6) is -2.00. The first kappa shape index (κ1) is 32.0. The molecule has 1 heterocycles. The molecule has 0 unspecified atom stereocenters. The number of hydrogen-bond acceptors (Lipinski definition) is 9. The molecule has 9 nitrogen and oxygen atoms in total. The summed E-state index contributed by atoms with van der Waals surface area (Å²) < 4.78 is 36.4. The summed E-state index contributed by atoms with van der Waals surface area (Å²) in [6.07, 6.45) is 4.64. The average Bonchev–Trinajstić information content (AvgIpc) is 3.18.